The van der Waals surface area contributed by atoms with Crippen LogP contribution in [0.25, 0.3) is 0 Å². The van der Waals surface area contributed by atoms with Crippen molar-refractivity contribution in [2.45, 2.75) is 23.4 Å². The maximum atomic E-state index is 13.1. The van der Waals surface area contributed by atoms with Crippen LogP contribution in [0.3, 0.4) is 0 Å². The molecule has 2 aliphatic rings. The molecule has 1 aliphatic heterocycles. The minimum atomic E-state index is -4.76. The summed E-state index contributed by atoms with van der Waals surface area (Å²) in [5, 5.41) is 3.56. The van der Waals surface area contributed by atoms with E-state index in [0.29, 0.717) is 6.07 Å². The van der Waals surface area contributed by atoms with Crippen molar-refractivity contribution >= 4 is 27.5 Å². The highest BCUT2D eigenvalue weighted by Crippen LogP contribution is 2.48. The number of hydrogen-bond donors (Lipinski definition) is 0. The number of aromatic nitrogens is 2. The van der Waals surface area contributed by atoms with Gasteiger partial charge in [-0.2, -0.15) is 22.6 Å². The molecule has 1 amide bonds. The molecule has 2 heterocycles. The summed E-state index contributed by atoms with van der Waals surface area (Å²) in [4.78, 5) is 13.9. The third-order valence-electron chi connectivity index (χ3n) is 5.69. The molecule has 0 spiro atoms. The number of alkyl halides is 3. The first-order valence-electron chi connectivity index (χ1n) is 9.62. The molecule has 0 N–H and O–H groups in total. The van der Waals surface area contributed by atoms with Gasteiger partial charge in [-0.05, 0) is 36.1 Å². The number of hydrogen-bond acceptors (Lipinski definition) is 4. The first-order valence-corrected chi connectivity index (χ1v) is 11.4. The van der Waals surface area contributed by atoms with E-state index in [0.717, 1.165) is 28.4 Å². The van der Waals surface area contributed by atoms with E-state index >= 15 is 0 Å². The number of carbonyl (C=O) groups is 1. The van der Waals surface area contributed by atoms with Crippen molar-refractivity contribution in [1.82, 2.24) is 19.0 Å². The second-order valence-electron chi connectivity index (χ2n) is 7.76. The molecule has 2 fully saturated rings. The number of rotatable bonds is 4. The van der Waals surface area contributed by atoms with Gasteiger partial charge in [0.05, 0.1) is 21.7 Å². The lowest BCUT2D eigenvalue weighted by Crippen LogP contribution is -2.51. The summed E-state index contributed by atoms with van der Waals surface area (Å²) in [7, 11) is -2.33. The normalized spacial score (nSPS) is 22.5. The Labute approximate surface area is 182 Å². The fourth-order valence-electron chi connectivity index (χ4n) is 3.88. The van der Waals surface area contributed by atoms with E-state index < -0.39 is 31.7 Å². The minimum absolute atomic E-state index is 0.0162. The van der Waals surface area contributed by atoms with Crippen LogP contribution in [0.2, 0.25) is 5.02 Å². The number of amides is 1. The van der Waals surface area contributed by atoms with Gasteiger partial charge in [0.25, 0.3) is 0 Å². The van der Waals surface area contributed by atoms with Crippen molar-refractivity contribution in [3.63, 3.8) is 0 Å². The third kappa shape index (κ3) is 4.31. The Bertz CT molecular complexity index is 1110. The lowest BCUT2D eigenvalue weighted by atomic mass is 10.2. The Morgan fingerprint density at radius 2 is 1.87 bits per heavy atom. The molecule has 1 saturated heterocycles. The van der Waals surface area contributed by atoms with Crippen molar-refractivity contribution < 1.29 is 26.4 Å². The van der Waals surface area contributed by atoms with Gasteiger partial charge in [0.2, 0.25) is 15.9 Å². The zero-order chi connectivity index (χ0) is 22.6. The minimum Gasteiger partial charge on any atom is -0.340 e. The van der Waals surface area contributed by atoms with E-state index in [1.165, 1.54) is 0 Å². The summed E-state index contributed by atoms with van der Waals surface area (Å²) in [5.74, 6) is -0.0486. The Kier molecular flexibility index (Phi) is 5.55. The van der Waals surface area contributed by atoms with Crippen LogP contribution in [-0.4, -0.2) is 59.5 Å². The monoisotopic (exact) mass is 476 g/mol. The first kappa shape index (κ1) is 22.1. The average Bonchev–Trinajstić information content (AvgIpc) is 3.40. The van der Waals surface area contributed by atoms with E-state index in [2.05, 4.69) is 5.10 Å². The van der Waals surface area contributed by atoms with E-state index in [1.807, 2.05) is 6.20 Å². The van der Waals surface area contributed by atoms with Gasteiger partial charge < -0.3 is 4.90 Å². The molecule has 1 saturated carbocycles. The highest BCUT2D eigenvalue weighted by atomic mass is 35.5. The molecule has 7 nitrogen and oxygen atoms in total. The molecule has 1 aromatic carbocycles. The van der Waals surface area contributed by atoms with Crippen LogP contribution in [0.5, 0.6) is 0 Å². The zero-order valence-corrected chi connectivity index (χ0v) is 18.1. The summed E-state index contributed by atoms with van der Waals surface area (Å²) >= 11 is 5.59. The largest absolute Gasteiger partial charge is 0.417 e. The Morgan fingerprint density at radius 1 is 1.19 bits per heavy atom. The Hall–Kier alpha value is -2.11. The topological polar surface area (TPSA) is 75.5 Å². The molecule has 31 heavy (non-hydrogen) atoms. The van der Waals surface area contributed by atoms with Crippen LogP contribution in [-0.2, 0) is 28.0 Å². The number of halogens is 4. The van der Waals surface area contributed by atoms with Crippen molar-refractivity contribution in [2.75, 3.05) is 26.2 Å². The number of piperazine rings is 1. The summed E-state index contributed by atoms with van der Waals surface area (Å²) < 4.78 is 67.8. The molecule has 2 atom stereocenters. The van der Waals surface area contributed by atoms with Gasteiger partial charge in [0.1, 0.15) is 0 Å². The van der Waals surface area contributed by atoms with E-state index in [9.17, 15) is 26.4 Å². The van der Waals surface area contributed by atoms with Gasteiger partial charge in [-0.25, -0.2) is 8.42 Å². The van der Waals surface area contributed by atoms with E-state index in [4.69, 9.17) is 11.6 Å². The van der Waals surface area contributed by atoms with Crippen LogP contribution < -0.4 is 0 Å². The lowest BCUT2D eigenvalue weighted by molar-refractivity contribution is -0.137. The van der Waals surface area contributed by atoms with Crippen LogP contribution in [0.4, 0.5) is 13.2 Å². The molecule has 4 rings (SSSR count). The standard InChI is InChI=1S/C19H20ClF3N4O3S/c1-25-11-12(10-24-25)14-9-15(14)18(28)26-4-6-27(7-5-26)31(29,30)13-2-3-17(20)16(8-13)19(21,22)23/h2-3,8,10-11,14-15H,4-7,9H2,1H3. The van der Waals surface area contributed by atoms with Gasteiger partial charge >= 0.3 is 6.18 Å². The maximum absolute atomic E-state index is 13.1. The molecule has 2 aromatic rings. The second-order valence-corrected chi connectivity index (χ2v) is 10.1. The van der Waals surface area contributed by atoms with Crippen molar-refractivity contribution in [3.8, 4) is 0 Å². The predicted octanol–water partition coefficient (Wildman–Crippen LogP) is 2.73. The summed E-state index contributed by atoms with van der Waals surface area (Å²) in [6.07, 6.45) is -0.412. The number of sulfonamides is 1. The van der Waals surface area contributed by atoms with Crippen molar-refractivity contribution in [2.24, 2.45) is 13.0 Å². The van der Waals surface area contributed by atoms with Crippen LogP contribution in [0.1, 0.15) is 23.5 Å². The second kappa shape index (κ2) is 7.79. The number of carbonyl (C=O) groups excluding carboxylic acids is 1. The van der Waals surface area contributed by atoms with Gasteiger partial charge in [0, 0.05) is 45.3 Å². The summed E-state index contributed by atoms with van der Waals surface area (Å²) in [6.45, 7) is 0.409. The van der Waals surface area contributed by atoms with Gasteiger partial charge in [-0.1, -0.05) is 11.6 Å². The molecular weight excluding hydrogens is 457 g/mol. The van der Waals surface area contributed by atoms with Crippen molar-refractivity contribution in [3.05, 3.63) is 46.7 Å². The lowest BCUT2D eigenvalue weighted by Gasteiger charge is -2.34. The Morgan fingerprint density at radius 3 is 2.45 bits per heavy atom. The smallest absolute Gasteiger partial charge is 0.340 e. The van der Waals surface area contributed by atoms with Crippen LogP contribution >= 0.6 is 11.6 Å². The number of aryl methyl sites for hydroxylation is 1. The summed E-state index contributed by atoms with van der Waals surface area (Å²) in [6, 6.07) is 2.55. The van der Waals surface area contributed by atoms with Crippen molar-refractivity contribution in [1.29, 1.82) is 0 Å². The van der Waals surface area contributed by atoms with Crippen LogP contribution in [0, 0.1) is 5.92 Å². The molecule has 1 aromatic heterocycles. The molecular formula is C19H20ClF3N4O3S. The Balaban J connectivity index is 1.41. The fraction of sp³-hybridized carbons (Fsp3) is 0.474. The zero-order valence-electron chi connectivity index (χ0n) is 16.5. The van der Waals surface area contributed by atoms with Gasteiger partial charge in [-0.15, -0.1) is 0 Å². The quantitative estimate of drug-likeness (QED) is 0.680. The average molecular weight is 477 g/mol. The maximum Gasteiger partial charge on any atom is 0.417 e. The number of nitrogens with zero attached hydrogens (tertiary/aromatic N) is 4. The van der Waals surface area contributed by atoms with E-state index in [1.54, 1.807) is 22.8 Å². The molecule has 12 heteroatoms. The molecule has 0 radical (unpaired) electrons. The first-order chi connectivity index (χ1) is 14.5. The predicted molar refractivity (Wildman–Crippen MR) is 106 cm³/mol. The molecule has 0 bridgehead atoms. The van der Waals surface area contributed by atoms with Crippen LogP contribution in [0.15, 0.2) is 35.5 Å². The van der Waals surface area contributed by atoms with E-state index in [-0.39, 0.29) is 43.9 Å². The highest BCUT2D eigenvalue weighted by Gasteiger charge is 2.47. The fourth-order valence-corrected chi connectivity index (χ4v) is 5.56. The highest BCUT2D eigenvalue weighted by molar-refractivity contribution is 7.89. The molecule has 168 valence electrons. The SMILES string of the molecule is Cn1cc(C2CC2C(=O)N2CCN(S(=O)(=O)c3ccc(Cl)c(C(F)(F)F)c3)CC2)cn1. The van der Waals surface area contributed by atoms with Gasteiger partial charge in [0.15, 0.2) is 0 Å². The van der Waals surface area contributed by atoms with Gasteiger partial charge in [-0.3, -0.25) is 9.48 Å². The molecule has 1 aliphatic carbocycles. The summed E-state index contributed by atoms with van der Waals surface area (Å²) in [5.41, 5.74) is -0.190. The third-order valence-corrected chi connectivity index (χ3v) is 7.92. The molecule has 2 unspecified atom stereocenters. The number of benzene rings is 1.